The summed E-state index contributed by atoms with van der Waals surface area (Å²) < 4.78 is 42.8. The number of rotatable bonds is 6. The summed E-state index contributed by atoms with van der Waals surface area (Å²) in [6.45, 7) is 2.19. The molecule has 0 amide bonds. The molecule has 3 nitrogen and oxygen atoms in total. The van der Waals surface area contributed by atoms with Crippen molar-refractivity contribution in [2.45, 2.75) is 13.3 Å². The molecule has 0 saturated heterocycles. The number of aliphatic imine (C=N–C) groups is 1. The number of nitrogens with zero attached hydrogens (tertiary/aromatic N) is 3. The van der Waals surface area contributed by atoms with Crippen LogP contribution in [-0.4, -0.2) is 27.2 Å². The van der Waals surface area contributed by atoms with E-state index in [9.17, 15) is 13.2 Å². The molecule has 5 rings (SSSR count). The lowest BCUT2D eigenvalue weighted by molar-refractivity contribution is 0.530. The Morgan fingerprint density at radius 3 is 2.46 bits per heavy atom. The summed E-state index contributed by atoms with van der Waals surface area (Å²) in [4.78, 5) is 9.33. The second-order valence-corrected chi connectivity index (χ2v) is 8.97. The Balaban J connectivity index is 1.34. The van der Waals surface area contributed by atoms with E-state index in [2.05, 4.69) is 45.7 Å². The Morgan fingerprint density at radius 2 is 1.71 bits per heavy atom. The summed E-state index contributed by atoms with van der Waals surface area (Å²) in [6.07, 6.45) is 3.39. The number of hydrogen-bond donors (Lipinski definition) is 0. The van der Waals surface area contributed by atoms with Gasteiger partial charge in [0.1, 0.15) is 23.8 Å². The third kappa shape index (κ3) is 4.72. The van der Waals surface area contributed by atoms with Crippen molar-refractivity contribution in [3.63, 3.8) is 0 Å². The van der Waals surface area contributed by atoms with E-state index in [0.717, 1.165) is 33.1 Å². The van der Waals surface area contributed by atoms with E-state index in [-0.39, 0.29) is 18.5 Å². The van der Waals surface area contributed by atoms with Crippen molar-refractivity contribution in [1.29, 1.82) is 0 Å². The van der Waals surface area contributed by atoms with Crippen molar-refractivity contribution in [2.75, 3.05) is 6.54 Å². The molecule has 5 aromatic rings. The van der Waals surface area contributed by atoms with Crippen LogP contribution >= 0.6 is 12.2 Å². The Labute approximate surface area is 205 Å². The van der Waals surface area contributed by atoms with Crippen molar-refractivity contribution >= 4 is 45.1 Å². The smallest absolute Gasteiger partial charge is 0.132 e. The molecule has 0 aliphatic heterocycles. The molecule has 0 atom stereocenters. The second-order valence-electron chi connectivity index (χ2n) is 8.40. The number of aryl methyl sites for hydroxylation is 1. The lowest BCUT2D eigenvalue weighted by atomic mass is 10.1. The fourth-order valence-corrected chi connectivity index (χ4v) is 4.29. The summed E-state index contributed by atoms with van der Waals surface area (Å²) in [5.74, 6) is -2.85. The molecular weight excluding hydrogens is 467 g/mol. The molecule has 0 radical (unpaired) electrons. The number of imidazole rings is 1. The first-order valence-corrected chi connectivity index (χ1v) is 11.4. The maximum atomic E-state index is 13.8. The normalized spacial score (nSPS) is 11.7. The molecule has 1 aromatic heterocycles. The van der Waals surface area contributed by atoms with Gasteiger partial charge in [-0.2, -0.15) is 0 Å². The van der Waals surface area contributed by atoms with Crippen LogP contribution in [0.15, 0.2) is 78.0 Å². The van der Waals surface area contributed by atoms with E-state index >= 15 is 0 Å². The highest BCUT2D eigenvalue weighted by molar-refractivity contribution is 7.80. The van der Waals surface area contributed by atoms with Gasteiger partial charge in [0.25, 0.3) is 0 Å². The number of benzene rings is 4. The Morgan fingerprint density at radius 1 is 0.971 bits per heavy atom. The van der Waals surface area contributed by atoms with E-state index in [0.29, 0.717) is 17.0 Å². The van der Waals surface area contributed by atoms with Gasteiger partial charge < -0.3 is 0 Å². The predicted molar refractivity (Wildman–Crippen MR) is 138 cm³/mol. The minimum Gasteiger partial charge on any atom is -0.299 e. The van der Waals surface area contributed by atoms with Crippen LogP contribution < -0.4 is 0 Å². The van der Waals surface area contributed by atoms with Crippen LogP contribution in [-0.2, 0) is 6.42 Å². The largest absolute Gasteiger partial charge is 0.299 e. The van der Waals surface area contributed by atoms with Gasteiger partial charge in [-0.05, 0) is 42.1 Å². The predicted octanol–water partition coefficient (Wildman–Crippen LogP) is 6.94. The molecule has 0 aliphatic carbocycles. The molecular formula is C28H20F3N3S. The summed E-state index contributed by atoms with van der Waals surface area (Å²) in [7, 11) is 0. The molecule has 0 N–H and O–H groups in total. The third-order valence-electron chi connectivity index (χ3n) is 5.86. The zero-order valence-corrected chi connectivity index (χ0v) is 19.6. The average Bonchev–Trinajstić information content (AvgIpc) is 3.26. The summed E-state index contributed by atoms with van der Waals surface area (Å²) in [5, 5.41) is 2.05. The quantitative estimate of drug-likeness (QED) is 0.192. The molecule has 0 fully saturated rings. The van der Waals surface area contributed by atoms with Crippen LogP contribution in [0.4, 0.5) is 13.2 Å². The lowest BCUT2D eigenvalue weighted by Crippen LogP contribution is -2.08. The van der Waals surface area contributed by atoms with E-state index in [4.69, 9.17) is 12.2 Å². The summed E-state index contributed by atoms with van der Waals surface area (Å²) in [6, 6.07) is 19.7. The van der Waals surface area contributed by atoms with Crippen molar-refractivity contribution < 1.29 is 13.2 Å². The molecule has 35 heavy (non-hydrogen) atoms. The van der Waals surface area contributed by atoms with Gasteiger partial charge in [0.2, 0.25) is 0 Å². The summed E-state index contributed by atoms with van der Waals surface area (Å²) >= 11 is 5.23. The van der Waals surface area contributed by atoms with Crippen molar-refractivity contribution in [3.05, 3.63) is 107 Å². The van der Waals surface area contributed by atoms with Gasteiger partial charge in [-0.15, -0.1) is 0 Å². The van der Waals surface area contributed by atoms with Crippen LogP contribution in [0.25, 0.3) is 27.5 Å². The van der Waals surface area contributed by atoms with Gasteiger partial charge in [-0.25, -0.2) is 18.2 Å². The number of thiocarbonyl (C=S) groups is 1. The maximum Gasteiger partial charge on any atom is 0.132 e. The van der Waals surface area contributed by atoms with E-state index in [1.165, 1.54) is 5.56 Å². The maximum absolute atomic E-state index is 13.8. The molecule has 0 unspecified atom stereocenters. The first kappa shape index (κ1) is 22.9. The van der Waals surface area contributed by atoms with Crippen LogP contribution in [0.5, 0.6) is 0 Å². The lowest BCUT2D eigenvalue weighted by Gasteiger charge is -2.06. The minimum atomic E-state index is -0.955. The molecule has 1 heterocycles. The molecule has 4 aromatic carbocycles. The highest BCUT2D eigenvalue weighted by Gasteiger charge is 2.13. The summed E-state index contributed by atoms with van der Waals surface area (Å²) in [5.41, 5.74) is 4.82. The Bertz CT molecular complexity index is 1580. The van der Waals surface area contributed by atoms with Crippen LogP contribution in [0, 0.1) is 24.4 Å². The van der Waals surface area contributed by atoms with Gasteiger partial charge in [0.05, 0.1) is 17.6 Å². The molecule has 0 saturated carbocycles. The molecule has 174 valence electrons. The molecule has 0 bridgehead atoms. The standard InChI is InChI=1S/C28H20F3N3S/c1-17-2-6-21(7-3-17)34-16-33-28-23-8-4-18(10-19(23)5-9-27(28)34)14-32-15-22(35)13-24-25(30)11-20(29)12-26(24)31/h2-12,14,16H,13,15H2,1H3. The molecule has 7 heteroatoms. The third-order valence-corrected chi connectivity index (χ3v) is 6.13. The van der Waals surface area contributed by atoms with E-state index < -0.39 is 17.5 Å². The van der Waals surface area contributed by atoms with Gasteiger partial charge in [-0.1, -0.05) is 48.1 Å². The number of halogens is 3. The van der Waals surface area contributed by atoms with E-state index in [1.807, 2.05) is 36.7 Å². The topological polar surface area (TPSA) is 30.2 Å². The first-order chi connectivity index (χ1) is 16.9. The zero-order valence-electron chi connectivity index (χ0n) is 18.8. The SMILES string of the molecule is Cc1ccc(-n2cnc3c4ccc(C=NCC(=S)Cc5c(F)cc(F)cc5F)cc4ccc32)cc1. The van der Waals surface area contributed by atoms with E-state index in [1.54, 1.807) is 6.21 Å². The Hall–Kier alpha value is -3.84. The fraction of sp³-hybridized carbons (Fsp3) is 0.107. The van der Waals surface area contributed by atoms with Crippen molar-refractivity contribution in [3.8, 4) is 5.69 Å². The highest BCUT2D eigenvalue weighted by Crippen LogP contribution is 2.27. The van der Waals surface area contributed by atoms with Gasteiger partial charge in [0, 0.05) is 46.3 Å². The minimum absolute atomic E-state index is 0.121. The highest BCUT2D eigenvalue weighted by atomic mass is 32.1. The second kappa shape index (κ2) is 9.43. The number of aromatic nitrogens is 2. The average molecular weight is 488 g/mol. The van der Waals surface area contributed by atoms with Crippen LogP contribution in [0.3, 0.4) is 0 Å². The number of fused-ring (bicyclic) bond motifs is 3. The Kier molecular flexibility index (Phi) is 6.17. The number of hydrogen-bond acceptors (Lipinski definition) is 3. The molecule has 0 spiro atoms. The monoisotopic (exact) mass is 487 g/mol. The van der Waals surface area contributed by atoms with Crippen molar-refractivity contribution in [1.82, 2.24) is 9.55 Å². The zero-order chi connectivity index (χ0) is 24.5. The van der Waals surface area contributed by atoms with Gasteiger partial charge in [-0.3, -0.25) is 9.56 Å². The molecule has 0 aliphatic rings. The van der Waals surface area contributed by atoms with Gasteiger partial charge >= 0.3 is 0 Å². The van der Waals surface area contributed by atoms with Crippen molar-refractivity contribution in [2.24, 2.45) is 4.99 Å². The van der Waals surface area contributed by atoms with Crippen LogP contribution in [0.1, 0.15) is 16.7 Å². The van der Waals surface area contributed by atoms with Gasteiger partial charge in [0.15, 0.2) is 0 Å². The first-order valence-electron chi connectivity index (χ1n) is 11.0. The van der Waals surface area contributed by atoms with Crippen LogP contribution in [0.2, 0.25) is 0 Å². The fourth-order valence-electron chi connectivity index (χ4n) is 4.07.